The Kier molecular flexibility index (Phi) is 11.5. The zero-order chi connectivity index (χ0) is 45.4. The molecule has 8 rings (SSSR count). The average molecular weight is 872 g/mol. The largest absolute Gasteiger partial charge is 0.456 e. The third kappa shape index (κ3) is 7.19. The van der Waals surface area contributed by atoms with E-state index in [-0.39, 0.29) is 47.5 Å². The van der Waals surface area contributed by atoms with Gasteiger partial charge in [-0.25, -0.2) is 9.59 Å². The number of aliphatic hydroxyl groups excluding tert-OH is 2. The van der Waals surface area contributed by atoms with Crippen molar-refractivity contribution in [2.24, 2.45) is 34.5 Å². The van der Waals surface area contributed by atoms with Crippen LogP contribution in [-0.2, 0) is 47.7 Å². The van der Waals surface area contributed by atoms with E-state index in [9.17, 15) is 39.3 Å². The molecule has 14 atom stereocenters. The van der Waals surface area contributed by atoms with Crippen molar-refractivity contribution in [1.29, 1.82) is 0 Å². The van der Waals surface area contributed by atoms with Crippen molar-refractivity contribution < 1.29 is 67.8 Å². The topological polar surface area (TPSA) is 221 Å². The Hall–Kier alpha value is -4.96. The highest BCUT2D eigenvalue weighted by atomic mass is 16.6. The summed E-state index contributed by atoms with van der Waals surface area (Å²) >= 11 is 0. The predicted octanol–water partition coefficient (Wildman–Crippen LogP) is 3.86. The molecule has 4 bridgehead atoms. The molecule has 1 saturated heterocycles. The fraction of sp³-hybridized carbons (Fsp3) is 0.583. The van der Waals surface area contributed by atoms with E-state index in [4.69, 9.17) is 23.7 Å². The Morgan fingerprint density at radius 1 is 0.873 bits per heavy atom. The number of hydrogen-bond acceptors (Lipinski definition) is 14. The molecule has 63 heavy (non-hydrogen) atoms. The highest BCUT2D eigenvalue weighted by Crippen LogP contribution is 2.64. The number of ketones is 1. The van der Waals surface area contributed by atoms with Gasteiger partial charge in [-0.1, -0.05) is 68.8 Å². The van der Waals surface area contributed by atoms with Crippen LogP contribution in [0.3, 0.4) is 0 Å². The lowest BCUT2D eigenvalue weighted by Crippen LogP contribution is -2.82. The maximum absolute atomic E-state index is 15.5. The van der Waals surface area contributed by atoms with E-state index in [0.29, 0.717) is 11.5 Å². The highest BCUT2D eigenvalue weighted by Gasteiger charge is 2.78. The van der Waals surface area contributed by atoms with Crippen LogP contribution in [0.1, 0.15) is 102 Å². The Morgan fingerprint density at radius 2 is 1.54 bits per heavy atom. The predicted molar refractivity (Wildman–Crippen MR) is 221 cm³/mol. The lowest BCUT2D eigenvalue weighted by molar-refractivity contribution is -0.346. The van der Waals surface area contributed by atoms with E-state index >= 15 is 4.79 Å². The van der Waals surface area contributed by atoms with Gasteiger partial charge in [0.2, 0.25) is 5.91 Å². The van der Waals surface area contributed by atoms with Crippen molar-refractivity contribution in [2.45, 2.75) is 134 Å². The fourth-order valence-corrected chi connectivity index (χ4v) is 12.2. The first-order valence-corrected chi connectivity index (χ1v) is 21.9. The summed E-state index contributed by atoms with van der Waals surface area (Å²) in [5, 5.41) is 40.6. The first-order chi connectivity index (χ1) is 29.7. The molecule has 338 valence electrons. The first kappa shape index (κ1) is 44.6. The number of carbonyl (C=O) groups is 6. The summed E-state index contributed by atoms with van der Waals surface area (Å²) in [6.07, 6.45) is -6.61. The molecule has 15 heteroatoms. The first-order valence-electron chi connectivity index (χ1n) is 21.9. The minimum Gasteiger partial charge on any atom is -0.456 e. The third-order valence-electron chi connectivity index (χ3n) is 15.5. The smallest absolute Gasteiger partial charge is 0.338 e. The summed E-state index contributed by atoms with van der Waals surface area (Å²) in [6.45, 7) is 8.10. The zero-order valence-electron chi connectivity index (χ0n) is 36.4. The van der Waals surface area contributed by atoms with Crippen LogP contribution in [0.5, 0.6) is 0 Å². The Balaban J connectivity index is 1.25. The van der Waals surface area contributed by atoms with Crippen molar-refractivity contribution in [3.05, 3.63) is 82.9 Å². The van der Waals surface area contributed by atoms with Crippen molar-refractivity contribution in [3.63, 3.8) is 0 Å². The van der Waals surface area contributed by atoms with Gasteiger partial charge in [0.05, 0.1) is 35.6 Å². The number of benzene rings is 2. The van der Waals surface area contributed by atoms with Gasteiger partial charge in [0, 0.05) is 38.0 Å². The van der Waals surface area contributed by atoms with E-state index in [0.717, 1.165) is 39.5 Å². The van der Waals surface area contributed by atoms with E-state index in [1.54, 1.807) is 69.3 Å². The van der Waals surface area contributed by atoms with Gasteiger partial charge >= 0.3 is 23.9 Å². The molecular formula is C48H57NO14. The number of rotatable bonds is 10. The fourth-order valence-electron chi connectivity index (χ4n) is 12.2. The number of esters is 4. The summed E-state index contributed by atoms with van der Waals surface area (Å²) in [5.41, 5.74) is -7.06. The van der Waals surface area contributed by atoms with E-state index in [1.165, 1.54) is 19.1 Å². The summed E-state index contributed by atoms with van der Waals surface area (Å²) < 4.78 is 30.4. The second-order valence-electron chi connectivity index (χ2n) is 19.3. The Labute approximate surface area is 365 Å². The molecule has 4 unspecified atom stereocenters. The van der Waals surface area contributed by atoms with Crippen molar-refractivity contribution in [3.8, 4) is 0 Å². The molecule has 15 nitrogen and oxygen atoms in total. The molecule has 0 radical (unpaired) electrons. The number of hydrogen-bond donors (Lipinski definition) is 4. The molecule has 2 aromatic carbocycles. The maximum atomic E-state index is 15.5. The number of nitrogens with one attached hydrogen (secondary N) is 1. The van der Waals surface area contributed by atoms with Crippen LogP contribution >= 0.6 is 0 Å². The molecule has 1 aliphatic heterocycles. The molecular weight excluding hydrogens is 815 g/mol. The Bertz CT molecular complexity index is 2210. The van der Waals surface area contributed by atoms with Gasteiger partial charge in [0.25, 0.3) is 0 Å². The van der Waals surface area contributed by atoms with E-state index in [2.05, 4.69) is 5.32 Å². The standard InChI is InChI=1S/C48H57NO14/c1-24-32(61-44(57)37(53)36(28-13-9-7-10-14-28)49-42(55)31-20-27-17-18-30(31)19-27)22-48(58)41(62-43(56)29-15-11-8-12-16-29)39-46(6,33(52)21-34-47(39,23-59-34)63-26(3)51)40(54)38(60-25(2)50)35(24)45(48,4)5/h7-16,27,30-34,36-39,41,52-53,58H,17-23H2,1-6H3,(H,49,55)/t27?,30?,31?,32-,33-,34+,36?,37+,38+,39-,41-,46+,47-,48+/m0/s1. The van der Waals surface area contributed by atoms with Crippen LogP contribution in [0.15, 0.2) is 71.8 Å². The van der Waals surface area contributed by atoms with Crippen LogP contribution in [-0.4, -0.2) is 105 Å². The molecule has 5 fully saturated rings. The molecule has 0 aromatic heterocycles. The summed E-state index contributed by atoms with van der Waals surface area (Å²) in [7, 11) is 0. The quantitative estimate of drug-likeness (QED) is 0.151. The van der Waals surface area contributed by atoms with Gasteiger partial charge in [-0.05, 0) is 73.8 Å². The summed E-state index contributed by atoms with van der Waals surface area (Å²) in [6, 6.07) is 15.2. The summed E-state index contributed by atoms with van der Waals surface area (Å²) in [4.78, 5) is 84.1. The molecule has 0 spiro atoms. The molecule has 1 amide bonds. The number of amides is 1. The Morgan fingerprint density at radius 3 is 2.11 bits per heavy atom. The van der Waals surface area contributed by atoms with Crippen LogP contribution < -0.4 is 5.32 Å². The number of ether oxygens (including phenoxy) is 5. The number of carbonyl (C=O) groups excluding carboxylic acids is 6. The van der Waals surface area contributed by atoms with Gasteiger partial charge in [-0.3, -0.25) is 19.2 Å². The van der Waals surface area contributed by atoms with E-state index in [1.807, 2.05) is 0 Å². The minimum absolute atomic E-state index is 0.0223. The molecule has 4 saturated carbocycles. The van der Waals surface area contributed by atoms with Crippen LogP contribution in [0, 0.1) is 34.5 Å². The van der Waals surface area contributed by atoms with Gasteiger partial charge in [-0.15, -0.1) is 0 Å². The van der Waals surface area contributed by atoms with Gasteiger partial charge in [0.1, 0.15) is 23.9 Å². The van der Waals surface area contributed by atoms with Crippen molar-refractivity contribution in [1.82, 2.24) is 5.32 Å². The van der Waals surface area contributed by atoms with Crippen LogP contribution in [0.2, 0.25) is 0 Å². The minimum atomic E-state index is -2.37. The van der Waals surface area contributed by atoms with Gasteiger partial charge in [0.15, 0.2) is 23.6 Å². The number of Topliss-reactive ketones (excluding diaryl/α,β-unsaturated/α-hetero) is 1. The summed E-state index contributed by atoms with van der Waals surface area (Å²) in [5.74, 6) is -5.98. The second-order valence-corrected chi connectivity index (χ2v) is 19.3. The van der Waals surface area contributed by atoms with Crippen LogP contribution in [0.4, 0.5) is 0 Å². The van der Waals surface area contributed by atoms with Gasteiger partial charge < -0.3 is 44.3 Å². The van der Waals surface area contributed by atoms with Crippen molar-refractivity contribution >= 4 is 35.6 Å². The van der Waals surface area contributed by atoms with E-state index < -0.39 is 107 Å². The molecule has 1 heterocycles. The molecule has 5 aliphatic carbocycles. The monoisotopic (exact) mass is 871 g/mol. The van der Waals surface area contributed by atoms with Gasteiger partial charge in [-0.2, -0.15) is 0 Å². The second kappa shape index (κ2) is 16.2. The number of aliphatic hydroxyl groups is 3. The van der Waals surface area contributed by atoms with Crippen molar-refractivity contribution in [2.75, 3.05) is 6.61 Å². The zero-order valence-corrected chi connectivity index (χ0v) is 36.4. The SMILES string of the molecule is CC(=O)O[C@H]1C(=O)[C@@]2(C)[C@H]([C@H](OC(=O)c3ccccc3)[C@]3(O)C[C@H](OC(=O)[C@H](O)C(NC(=O)C4CC5CCC4C5)c4ccccc4)C(C)=C1C3(C)C)[C@]1(OC(C)=O)CO[C@@H]1C[C@@H]2O. The maximum Gasteiger partial charge on any atom is 0.338 e. The molecule has 2 aromatic rings. The van der Waals surface area contributed by atoms with Crippen LogP contribution in [0.25, 0.3) is 0 Å². The average Bonchev–Trinajstić information content (AvgIpc) is 3.89. The molecule has 4 N–H and O–H groups in total. The normalized spacial score (nSPS) is 37.1. The highest BCUT2D eigenvalue weighted by molar-refractivity contribution is 5.95. The molecule has 6 aliphatic rings. The lowest BCUT2D eigenvalue weighted by Gasteiger charge is -2.67. The third-order valence-corrected chi connectivity index (χ3v) is 15.5. The number of fused-ring (bicyclic) bond motifs is 7. The lowest BCUT2D eigenvalue weighted by atomic mass is 9.44.